The fourth-order valence-electron chi connectivity index (χ4n) is 6.68. The summed E-state index contributed by atoms with van der Waals surface area (Å²) >= 11 is 0. The average Bonchev–Trinajstić information content (AvgIpc) is 3.51. The first-order chi connectivity index (χ1) is 19.3. The SMILES string of the molecule is CCC1(CC)CC(=O)N(C(c2cccnc2)C2C(C(=O)N[C@H]3C[C@H](C(F)(F)F)Oc4ccccc43)C2(C)C)C(=N)N1. The van der Waals surface area contributed by atoms with Crippen LogP contribution in [0.25, 0.3) is 0 Å². The average molecular weight is 572 g/mol. The first-order valence-electron chi connectivity index (χ1n) is 14.0. The van der Waals surface area contributed by atoms with Gasteiger partial charge in [-0.3, -0.25) is 24.9 Å². The van der Waals surface area contributed by atoms with E-state index in [0.717, 1.165) is 0 Å². The van der Waals surface area contributed by atoms with E-state index < -0.39 is 59.5 Å². The van der Waals surface area contributed by atoms with Gasteiger partial charge in [-0.2, -0.15) is 13.2 Å². The first kappa shape index (κ1) is 28.9. The van der Waals surface area contributed by atoms with Gasteiger partial charge in [-0.15, -0.1) is 0 Å². The van der Waals surface area contributed by atoms with Crippen LogP contribution in [0.3, 0.4) is 0 Å². The van der Waals surface area contributed by atoms with E-state index >= 15 is 0 Å². The maximum Gasteiger partial charge on any atom is 0.425 e. The Hall–Kier alpha value is -3.63. The number of guanidine groups is 1. The van der Waals surface area contributed by atoms with E-state index in [1.807, 2.05) is 33.8 Å². The second-order valence-electron chi connectivity index (χ2n) is 11.9. The van der Waals surface area contributed by atoms with E-state index in [1.54, 1.807) is 36.7 Å². The van der Waals surface area contributed by atoms with Crippen LogP contribution in [0.15, 0.2) is 48.8 Å². The third-order valence-electron chi connectivity index (χ3n) is 9.27. The predicted octanol–water partition coefficient (Wildman–Crippen LogP) is 5.28. The van der Waals surface area contributed by atoms with Crippen molar-refractivity contribution < 1.29 is 27.5 Å². The topological polar surface area (TPSA) is 107 Å². The number of halogens is 3. The molecule has 1 aromatic heterocycles. The van der Waals surface area contributed by atoms with E-state index in [4.69, 9.17) is 10.1 Å². The minimum atomic E-state index is -4.59. The third kappa shape index (κ3) is 5.15. The van der Waals surface area contributed by atoms with Gasteiger partial charge in [-0.1, -0.05) is 52.0 Å². The third-order valence-corrected chi connectivity index (χ3v) is 9.27. The van der Waals surface area contributed by atoms with Crippen LogP contribution >= 0.6 is 0 Å². The first-order valence-corrected chi connectivity index (χ1v) is 14.0. The number of benzene rings is 1. The van der Waals surface area contributed by atoms with E-state index in [-0.39, 0.29) is 24.0 Å². The number of hydrogen-bond acceptors (Lipinski definition) is 5. The molecule has 0 spiro atoms. The number of nitrogens with one attached hydrogen (secondary N) is 3. The van der Waals surface area contributed by atoms with Gasteiger partial charge in [0.25, 0.3) is 0 Å². The smallest absolute Gasteiger partial charge is 0.425 e. The number of hydrogen-bond donors (Lipinski definition) is 3. The molecule has 5 rings (SSSR count). The molecule has 1 saturated heterocycles. The Balaban J connectivity index is 1.44. The summed E-state index contributed by atoms with van der Waals surface area (Å²) in [7, 11) is 0. The van der Waals surface area contributed by atoms with Gasteiger partial charge in [-0.05, 0) is 36.0 Å². The molecule has 3 N–H and O–H groups in total. The van der Waals surface area contributed by atoms with Crippen molar-refractivity contribution in [3.05, 3.63) is 59.9 Å². The molecule has 1 aliphatic carbocycles. The maximum absolute atomic E-state index is 13.8. The van der Waals surface area contributed by atoms with Crippen LogP contribution in [-0.2, 0) is 9.59 Å². The molecule has 3 heterocycles. The Morgan fingerprint density at radius 1 is 1.22 bits per heavy atom. The molecule has 0 radical (unpaired) electrons. The number of carbonyl (C=O) groups excluding carboxylic acids is 2. The highest BCUT2D eigenvalue weighted by Gasteiger charge is 2.67. The Morgan fingerprint density at radius 2 is 1.93 bits per heavy atom. The Bertz CT molecular complexity index is 1310. The summed E-state index contributed by atoms with van der Waals surface area (Å²) in [6, 6.07) is 8.46. The van der Waals surface area contributed by atoms with Gasteiger partial charge in [0.15, 0.2) is 12.1 Å². The molecular weight excluding hydrogens is 535 g/mol. The highest BCUT2D eigenvalue weighted by atomic mass is 19.4. The van der Waals surface area contributed by atoms with Crippen molar-refractivity contribution in [1.82, 2.24) is 20.5 Å². The number of para-hydroxylation sites is 1. The molecular formula is C30H36F3N5O3. The molecule has 2 aliphatic heterocycles. The number of nitrogens with zero attached hydrogens (tertiary/aromatic N) is 2. The number of fused-ring (bicyclic) bond motifs is 1. The molecule has 2 fully saturated rings. The number of alkyl halides is 3. The van der Waals surface area contributed by atoms with Gasteiger partial charge >= 0.3 is 6.18 Å². The lowest BCUT2D eigenvalue weighted by Gasteiger charge is -2.45. The highest BCUT2D eigenvalue weighted by molar-refractivity contribution is 6.00. The molecule has 41 heavy (non-hydrogen) atoms. The van der Waals surface area contributed by atoms with Crippen molar-refractivity contribution in [2.24, 2.45) is 17.3 Å². The Kier molecular flexibility index (Phi) is 7.28. The van der Waals surface area contributed by atoms with Crippen LogP contribution in [0, 0.1) is 22.7 Å². The molecule has 1 saturated carbocycles. The maximum atomic E-state index is 13.8. The molecule has 3 unspecified atom stereocenters. The van der Waals surface area contributed by atoms with Crippen LogP contribution in [0.4, 0.5) is 13.2 Å². The molecule has 8 nitrogen and oxygen atoms in total. The normalized spacial score (nSPS) is 27.2. The lowest BCUT2D eigenvalue weighted by atomic mass is 9.85. The number of rotatable bonds is 7. The summed E-state index contributed by atoms with van der Waals surface area (Å²) in [5.74, 6) is -1.54. The minimum Gasteiger partial charge on any atom is -0.480 e. The largest absolute Gasteiger partial charge is 0.480 e. The zero-order valence-electron chi connectivity index (χ0n) is 23.6. The lowest BCUT2D eigenvalue weighted by Crippen LogP contribution is -2.62. The van der Waals surface area contributed by atoms with E-state index in [9.17, 15) is 22.8 Å². The van der Waals surface area contributed by atoms with Crippen LogP contribution < -0.4 is 15.4 Å². The van der Waals surface area contributed by atoms with E-state index in [2.05, 4.69) is 15.6 Å². The second-order valence-corrected chi connectivity index (χ2v) is 11.9. The van der Waals surface area contributed by atoms with Crippen molar-refractivity contribution in [3.63, 3.8) is 0 Å². The standard InChI is InChI=1S/C30H36F3N5O3/c1-5-29(6-2)15-22(39)38(27(34)37-29)25(17-10-9-13-35-16-17)23-24(28(23,3)4)26(40)36-19-14-21(30(31,32)33)41-20-12-8-7-11-18(19)20/h7-13,16,19,21,23-25H,5-6,14-15H2,1-4H3,(H2,34,37)(H,36,40)/t19-,21+,23?,24?,25?/m0/s1. The zero-order valence-corrected chi connectivity index (χ0v) is 23.6. The van der Waals surface area contributed by atoms with Crippen molar-refractivity contribution in [2.45, 2.75) is 83.3 Å². The molecule has 11 heteroatoms. The van der Waals surface area contributed by atoms with Crippen LogP contribution in [0.1, 0.15) is 76.6 Å². The van der Waals surface area contributed by atoms with Crippen molar-refractivity contribution in [1.29, 1.82) is 5.41 Å². The van der Waals surface area contributed by atoms with Gasteiger partial charge in [0, 0.05) is 41.8 Å². The molecule has 1 aromatic carbocycles. The van der Waals surface area contributed by atoms with Crippen molar-refractivity contribution in [3.8, 4) is 5.75 Å². The summed E-state index contributed by atoms with van der Waals surface area (Å²) in [6.45, 7) is 7.78. The summed E-state index contributed by atoms with van der Waals surface area (Å²) in [5.41, 5.74) is 0.0667. The van der Waals surface area contributed by atoms with E-state index in [1.165, 1.54) is 11.0 Å². The number of pyridine rings is 1. The van der Waals surface area contributed by atoms with Gasteiger partial charge in [0.2, 0.25) is 11.8 Å². The van der Waals surface area contributed by atoms with Gasteiger partial charge in [0.05, 0.1) is 18.5 Å². The number of aromatic nitrogens is 1. The van der Waals surface area contributed by atoms with Gasteiger partial charge in [0.1, 0.15) is 5.75 Å². The molecule has 2 amide bonds. The fraction of sp³-hybridized carbons (Fsp3) is 0.533. The monoisotopic (exact) mass is 571 g/mol. The lowest BCUT2D eigenvalue weighted by molar-refractivity contribution is -0.201. The number of amides is 2. The van der Waals surface area contributed by atoms with Crippen LogP contribution in [0.2, 0.25) is 0 Å². The Labute approximate surface area is 237 Å². The quantitative estimate of drug-likeness (QED) is 0.419. The molecule has 3 aliphatic rings. The summed E-state index contributed by atoms with van der Waals surface area (Å²) < 4.78 is 46.2. The van der Waals surface area contributed by atoms with Crippen molar-refractivity contribution in [2.75, 3.05) is 0 Å². The number of carbonyl (C=O) groups is 2. The van der Waals surface area contributed by atoms with Crippen LogP contribution in [-0.4, -0.2) is 45.5 Å². The molecule has 5 atom stereocenters. The van der Waals surface area contributed by atoms with Crippen LogP contribution in [0.5, 0.6) is 5.75 Å². The molecule has 0 bridgehead atoms. The predicted molar refractivity (Wildman–Crippen MR) is 146 cm³/mol. The summed E-state index contributed by atoms with van der Waals surface area (Å²) in [6.07, 6.45) is -2.25. The summed E-state index contributed by atoms with van der Waals surface area (Å²) in [4.78, 5) is 33.2. The number of ether oxygens (including phenoxy) is 1. The van der Waals surface area contributed by atoms with Crippen molar-refractivity contribution >= 4 is 17.8 Å². The summed E-state index contributed by atoms with van der Waals surface area (Å²) in [5, 5.41) is 15.0. The minimum absolute atomic E-state index is 0.0213. The highest BCUT2D eigenvalue weighted by Crippen LogP contribution is 2.65. The van der Waals surface area contributed by atoms with Gasteiger partial charge < -0.3 is 15.4 Å². The van der Waals surface area contributed by atoms with Gasteiger partial charge in [-0.25, -0.2) is 0 Å². The zero-order chi connectivity index (χ0) is 29.7. The fourth-order valence-corrected chi connectivity index (χ4v) is 6.68. The Morgan fingerprint density at radius 3 is 2.54 bits per heavy atom. The molecule has 2 aromatic rings. The van der Waals surface area contributed by atoms with E-state index in [0.29, 0.717) is 24.0 Å². The molecule has 220 valence electrons. The second kappa shape index (κ2) is 10.3.